The zero-order chi connectivity index (χ0) is 10.5. The molecule has 0 aliphatic heterocycles. The Balaban J connectivity index is 1.86. The molecule has 2 unspecified atom stereocenters. The molecule has 15 heavy (non-hydrogen) atoms. The highest BCUT2D eigenvalue weighted by Crippen LogP contribution is 2.59. The number of aromatic hydroxyl groups is 1. The molecule has 3 rings (SSSR count). The summed E-state index contributed by atoms with van der Waals surface area (Å²) in [6, 6.07) is 7.51. The first kappa shape index (κ1) is 9.22. The number of rotatable bonds is 2. The SMILES string of the molecule is NC1(c2ccccc2O)CC1C1CCC1. The van der Waals surface area contributed by atoms with Gasteiger partial charge < -0.3 is 10.8 Å². The topological polar surface area (TPSA) is 46.2 Å². The van der Waals surface area contributed by atoms with Crippen molar-refractivity contribution in [1.29, 1.82) is 0 Å². The van der Waals surface area contributed by atoms with E-state index in [-0.39, 0.29) is 5.54 Å². The van der Waals surface area contributed by atoms with Crippen molar-refractivity contribution in [2.45, 2.75) is 31.2 Å². The number of phenols is 1. The van der Waals surface area contributed by atoms with Crippen LogP contribution in [-0.4, -0.2) is 5.11 Å². The molecule has 0 saturated heterocycles. The molecule has 0 radical (unpaired) electrons. The first-order chi connectivity index (χ1) is 7.22. The molecular weight excluding hydrogens is 186 g/mol. The second kappa shape index (κ2) is 2.99. The molecule has 0 bridgehead atoms. The summed E-state index contributed by atoms with van der Waals surface area (Å²) in [7, 11) is 0. The van der Waals surface area contributed by atoms with Crippen molar-refractivity contribution in [1.82, 2.24) is 0 Å². The predicted molar refractivity (Wildman–Crippen MR) is 59.4 cm³/mol. The molecule has 0 aromatic heterocycles. The van der Waals surface area contributed by atoms with Gasteiger partial charge >= 0.3 is 0 Å². The Morgan fingerprint density at radius 3 is 2.60 bits per heavy atom. The molecule has 2 aliphatic rings. The van der Waals surface area contributed by atoms with Gasteiger partial charge in [0.25, 0.3) is 0 Å². The predicted octanol–water partition coefficient (Wildman–Crippen LogP) is 2.37. The van der Waals surface area contributed by atoms with Gasteiger partial charge in [-0.25, -0.2) is 0 Å². The largest absolute Gasteiger partial charge is 0.508 e. The van der Waals surface area contributed by atoms with Gasteiger partial charge in [0.2, 0.25) is 0 Å². The highest BCUT2D eigenvalue weighted by molar-refractivity contribution is 5.42. The van der Waals surface area contributed by atoms with Crippen molar-refractivity contribution in [2.24, 2.45) is 17.6 Å². The van der Waals surface area contributed by atoms with Gasteiger partial charge in [-0.1, -0.05) is 37.5 Å². The van der Waals surface area contributed by atoms with Crippen molar-refractivity contribution >= 4 is 0 Å². The Kier molecular flexibility index (Phi) is 1.84. The van der Waals surface area contributed by atoms with Crippen molar-refractivity contribution in [3.63, 3.8) is 0 Å². The molecule has 2 atom stereocenters. The lowest BCUT2D eigenvalue weighted by atomic mass is 9.79. The van der Waals surface area contributed by atoms with Crippen LogP contribution in [0.25, 0.3) is 0 Å². The molecule has 0 spiro atoms. The van der Waals surface area contributed by atoms with E-state index >= 15 is 0 Å². The van der Waals surface area contributed by atoms with E-state index in [9.17, 15) is 5.11 Å². The molecule has 0 heterocycles. The van der Waals surface area contributed by atoms with Gasteiger partial charge in [0.1, 0.15) is 5.75 Å². The van der Waals surface area contributed by atoms with Gasteiger partial charge in [0.15, 0.2) is 0 Å². The summed E-state index contributed by atoms with van der Waals surface area (Å²) in [6.45, 7) is 0. The zero-order valence-electron chi connectivity index (χ0n) is 8.82. The molecule has 80 valence electrons. The number of para-hydroxylation sites is 1. The van der Waals surface area contributed by atoms with Crippen LogP contribution in [0.4, 0.5) is 0 Å². The van der Waals surface area contributed by atoms with E-state index in [1.54, 1.807) is 6.07 Å². The lowest BCUT2D eigenvalue weighted by Gasteiger charge is -2.28. The lowest BCUT2D eigenvalue weighted by molar-refractivity contribution is 0.257. The Labute approximate surface area is 90.1 Å². The summed E-state index contributed by atoms with van der Waals surface area (Å²) in [5, 5.41) is 9.80. The van der Waals surface area contributed by atoms with Gasteiger partial charge in [-0.05, 0) is 24.3 Å². The van der Waals surface area contributed by atoms with Crippen LogP contribution in [0.1, 0.15) is 31.2 Å². The summed E-state index contributed by atoms with van der Waals surface area (Å²) >= 11 is 0. The van der Waals surface area contributed by atoms with E-state index in [2.05, 4.69) is 0 Å². The standard InChI is InChI=1S/C13H17NO/c14-13(8-11(13)9-4-3-5-9)10-6-1-2-7-12(10)15/h1-2,6-7,9,11,15H,3-5,8,14H2. The molecule has 2 heteroatoms. The fourth-order valence-corrected chi connectivity index (χ4v) is 2.91. The summed E-state index contributed by atoms with van der Waals surface area (Å²) in [4.78, 5) is 0. The quantitative estimate of drug-likeness (QED) is 0.775. The molecule has 2 fully saturated rings. The third-order valence-corrected chi connectivity index (χ3v) is 4.18. The highest BCUT2D eigenvalue weighted by atomic mass is 16.3. The summed E-state index contributed by atoms with van der Waals surface area (Å²) in [5.41, 5.74) is 7.08. The first-order valence-electron chi connectivity index (χ1n) is 5.79. The fraction of sp³-hybridized carbons (Fsp3) is 0.538. The van der Waals surface area contributed by atoms with E-state index in [1.807, 2.05) is 18.2 Å². The molecule has 3 N–H and O–H groups in total. The second-order valence-corrected chi connectivity index (χ2v) is 5.06. The normalized spacial score (nSPS) is 34.9. The maximum absolute atomic E-state index is 9.80. The fourth-order valence-electron chi connectivity index (χ4n) is 2.91. The van der Waals surface area contributed by atoms with Crippen LogP contribution in [0.5, 0.6) is 5.75 Å². The lowest BCUT2D eigenvalue weighted by Crippen LogP contribution is -2.27. The van der Waals surface area contributed by atoms with Crippen LogP contribution in [0, 0.1) is 11.8 Å². The average molecular weight is 203 g/mol. The molecule has 2 nitrogen and oxygen atoms in total. The monoisotopic (exact) mass is 203 g/mol. The smallest absolute Gasteiger partial charge is 0.120 e. The second-order valence-electron chi connectivity index (χ2n) is 5.06. The third-order valence-electron chi connectivity index (χ3n) is 4.18. The van der Waals surface area contributed by atoms with Gasteiger partial charge in [-0.2, -0.15) is 0 Å². The molecule has 1 aromatic carbocycles. The van der Waals surface area contributed by atoms with Gasteiger partial charge in [-0.3, -0.25) is 0 Å². The molecular formula is C13H17NO. The Morgan fingerprint density at radius 2 is 2.00 bits per heavy atom. The van der Waals surface area contributed by atoms with Crippen LogP contribution >= 0.6 is 0 Å². The third kappa shape index (κ3) is 1.28. The maximum Gasteiger partial charge on any atom is 0.120 e. The Bertz CT molecular complexity index is 386. The van der Waals surface area contributed by atoms with Gasteiger partial charge in [0, 0.05) is 11.1 Å². The van der Waals surface area contributed by atoms with Crippen LogP contribution in [0.3, 0.4) is 0 Å². The van der Waals surface area contributed by atoms with Crippen LogP contribution in [0.2, 0.25) is 0 Å². The van der Waals surface area contributed by atoms with Crippen molar-refractivity contribution in [2.75, 3.05) is 0 Å². The van der Waals surface area contributed by atoms with Crippen molar-refractivity contribution in [3.05, 3.63) is 29.8 Å². The minimum Gasteiger partial charge on any atom is -0.508 e. The highest BCUT2D eigenvalue weighted by Gasteiger charge is 2.57. The number of hydrogen-bond donors (Lipinski definition) is 2. The maximum atomic E-state index is 9.80. The van der Waals surface area contributed by atoms with E-state index in [0.717, 1.165) is 17.9 Å². The zero-order valence-corrected chi connectivity index (χ0v) is 8.82. The van der Waals surface area contributed by atoms with Crippen molar-refractivity contribution in [3.8, 4) is 5.75 Å². The van der Waals surface area contributed by atoms with Crippen LogP contribution in [0.15, 0.2) is 24.3 Å². The van der Waals surface area contributed by atoms with E-state index in [4.69, 9.17) is 5.73 Å². The van der Waals surface area contributed by atoms with Crippen LogP contribution in [-0.2, 0) is 5.54 Å². The number of phenolic OH excluding ortho intramolecular Hbond substituents is 1. The van der Waals surface area contributed by atoms with Crippen molar-refractivity contribution < 1.29 is 5.11 Å². The van der Waals surface area contributed by atoms with E-state index in [0.29, 0.717) is 11.7 Å². The van der Waals surface area contributed by atoms with Gasteiger partial charge in [-0.15, -0.1) is 0 Å². The number of hydrogen-bond acceptors (Lipinski definition) is 2. The molecule has 0 amide bonds. The Hall–Kier alpha value is -1.02. The van der Waals surface area contributed by atoms with Crippen LogP contribution < -0.4 is 5.73 Å². The molecule has 2 aliphatic carbocycles. The molecule has 1 aromatic rings. The Morgan fingerprint density at radius 1 is 1.27 bits per heavy atom. The average Bonchev–Trinajstić information content (AvgIpc) is 2.76. The molecule has 2 saturated carbocycles. The number of benzene rings is 1. The summed E-state index contributed by atoms with van der Waals surface area (Å²) in [6.07, 6.45) is 5.07. The minimum atomic E-state index is -0.226. The summed E-state index contributed by atoms with van der Waals surface area (Å²) < 4.78 is 0. The van der Waals surface area contributed by atoms with E-state index < -0.39 is 0 Å². The van der Waals surface area contributed by atoms with Gasteiger partial charge in [0.05, 0.1) is 0 Å². The first-order valence-corrected chi connectivity index (χ1v) is 5.79. The van der Waals surface area contributed by atoms with E-state index in [1.165, 1.54) is 19.3 Å². The number of nitrogens with two attached hydrogens (primary N) is 1. The summed E-state index contributed by atoms with van der Waals surface area (Å²) in [5.74, 6) is 1.79. The minimum absolute atomic E-state index is 0.226.